The van der Waals surface area contributed by atoms with Crippen molar-refractivity contribution in [3.63, 3.8) is 0 Å². The molecule has 0 saturated carbocycles. The molecule has 7 nitrogen and oxygen atoms in total. The van der Waals surface area contributed by atoms with Crippen molar-refractivity contribution in [3.05, 3.63) is 0 Å². The first-order valence-electron chi connectivity index (χ1n) is 7.48. The van der Waals surface area contributed by atoms with E-state index in [0.29, 0.717) is 38.9 Å². The number of amides is 3. The summed E-state index contributed by atoms with van der Waals surface area (Å²) in [6.07, 6.45) is 2.38. The predicted molar refractivity (Wildman–Crippen MR) is 77.9 cm³/mol. The molecule has 1 saturated heterocycles. The van der Waals surface area contributed by atoms with Gasteiger partial charge in [0.1, 0.15) is 0 Å². The summed E-state index contributed by atoms with van der Waals surface area (Å²) in [6.45, 7) is 5.07. The van der Waals surface area contributed by atoms with Gasteiger partial charge in [0.2, 0.25) is 5.91 Å². The third-order valence-corrected chi connectivity index (χ3v) is 3.96. The average molecular weight is 299 g/mol. The molecule has 1 fully saturated rings. The van der Waals surface area contributed by atoms with Crippen LogP contribution in [0.1, 0.15) is 39.5 Å². The van der Waals surface area contributed by atoms with Gasteiger partial charge in [0, 0.05) is 19.6 Å². The van der Waals surface area contributed by atoms with Crippen molar-refractivity contribution >= 4 is 17.9 Å². The van der Waals surface area contributed by atoms with Crippen LogP contribution < -0.4 is 10.6 Å². The quantitative estimate of drug-likeness (QED) is 0.675. The van der Waals surface area contributed by atoms with E-state index >= 15 is 0 Å². The number of carbonyl (C=O) groups is 3. The van der Waals surface area contributed by atoms with Crippen LogP contribution in [0.4, 0.5) is 4.79 Å². The van der Waals surface area contributed by atoms with E-state index in [2.05, 4.69) is 10.6 Å². The van der Waals surface area contributed by atoms with Crippen molar-refractivity contribution in [2.75, 3.05) is 26.2 Å². The number of piperidine rings is 1. The number of hydrogen-bond acceptors (Lipinski definition) is 3. The molecule has 1 heterocycles. The summed E-state index contributed by atoms with van der Waals surface area (Å²) in [4.78, 5) is 36.3. The summed E-state index contributed by atoms with van der Waals surface area (Å²) in [5.41, 5.74) is -0.703. The van der Waals surface area contributed by atoms with Crippen LogP contribution in [0.3, 0.4) is 0 Å². The van der Waals surface area contributed by atoms with Gasteiger partial charge < -0.3 is 20.6 Å². The van der Waals surface area contributed by atoms with E-state index in [1.165, 1.54) is 0 Å². The van der Waals surface area contributed by atoms with Crippen molar-refractivity contribution < 1.29 is 19.5 Å². The molecular formula is C14H25N3O4. The molecule has 1 aliphatic heterocycles. The molecule has 0 aromatic carbocycles. The van der Waals surface area contributed by atoms with Crippen LogP contribution in [0.2, 0.25) is 0 Å². The molecule has 0 bridgehead atoms. The summed E-state index contributed by atoms with van der Waals surface area (Å²) in [6, 6.07) is -0.309. The van der Waals surface area contributed by atoms with Gasteiger partial charge in [-0.15, -0.1) is 0 Å². The van der Waals surface area contributed by atoms with Gasteiger partial charge in [0.25, 0.3) is 0 Å². The second kappa shape index (κ2) is 7.85. The van der Waals surface area contributed by atoms with Gasteiger partial charge >= 0.3 is 12.0 Å². The van der Waals surface area contributed by atoms with Crippen LogP contribution in [0, 0.1) is 5.41 Å². The molecule has 3 amide bonds. The van der Waals surface area contributed by atoms with E-state index in [9.17, 15) is 19.5 Å². The lowest BCUT2D eigenvalue weighted by molar-refractivity contribution is -0.152. The monoisotopic (exact) mass is 299 g/mol. The predicted octanol–water partition coefficient (Wildman–Crippen LogP) is 0.799. The standard InChI is InChI=1S/C14H25N3O4/c1-3-5-14(12(19)20)6-8-17(9-7-14)13(21)16-10-11(18)15-4-2/h3-10H2,1-2H3,(H,15,18)(H,16,21)(H,19,20). The van der Waals surface area contributed by atoms with Gasteiger partial charge in [-0.1, -0.05) is 13.3 Å². The molecule has 0 aromatic heterocycles. The fourth-order valence-corrected chi connectivity index (χ4v) is 2.71. The number of likely N-dealkylation sites (tertiary alicyclic amines) is 1. The molecule has 7 heteroatoms. The number of hydrogen-bond donors (Lipinski definition) is 3. The van der Waals surface area contributed by atoms with Gasteiger partial charge in [-0.05, 0) is 26.2 Å². The lowest BCUT2D eigenvalue weighted by Crippen LogP contribution is -2.51. The van der Waals surface area contributed by atoms with Crippen LogP contribution in [-0.4, -0.2) is 54.1 Å². The number of carboxylic acid groups (broad SMARTS) is 1. The Hall–Kier alpha value is -1.79. The highest BCUT2D eigenvalue weighted by molar-refractivity contribution is 5.84. The largest absolute Gasteiger partial charge is 0.481 e. The van der Waals surface area contributed by atoms with Gasteiger partial charge in [-0.2, -0.15) is 0 Å². The van der Waals surface area contributed by atoms with Crippen molar-refractivity contribution in [2.24, 2.45) is 5.41 Å². The Labute approximate surface area is 125 Å². The average Bonchev–Trinajstić information content (AvgIpc) is 2.46. The molecule has 0 radical (unpaired) electrons. The first kappa shape index (κ1) is 17.3. The number of aliphatic carboxylic acids is 1. The van der Waals surface area contributed by atoms with E-state index in [1.807, 2.05) is 13.8 Å². The van der Waals surface area contributed by atoms with E-state index in [1.54, 1.807) is 4.90 Å². The molecule has 3 N–H and O–H groups in total. The summed E-state index contributed by atoms with van der Waals surface area (Å²) >= 11 is 0. The summed E-state index contributed by atoms with van der Waals surface area (Å²) in [7, 11) is 0. The topological polar surface area (TPSA) is 98.7 Å². The molecule has 1 rings (SSSR count). The minimum atomic E-state index is -0.772. The van der Waals surface area contributed by atoms with Gasteiger partial charge in [-0.3, -0.25) is 9.59 Å². The first-order valence-corrected chi connectivity index (χ1v) is 7.48. The zero-order chi connectivity index (χ0) is 15.9. The van der Waals surface area contributed by atoms with Crippen molar-refractivity contribution in [1.29, 1.82) is 0 Å². The highest BCUT2D eigenvalue weighted by atomic mass is 16.4. The molecule has 120 valence electrons. The minimum Gasteiger partial charge on any atom is -0.481 e. The fraction of sp³-hybridized carbons (Fsp3) is 0.786. The second-order valence-electron chi connectivity index (χ2n) is 5.43. The summed E-state index contributed by atoms with van der Waals surface area (Å²) in [5, 5.41) is 14.6. The molecule has 0 spiro atoms. The smallest absolute Gasteiger partial charge is 0.317 e. The second-order valence-corrected chi connectivity index (χ2v) is 5.43. The van der Waals surface area contributed by atoms with Crippen molar-refractivity contribution in [3.8, 4) is 0 Å². The third kappa shape index (κ3) is 4.61. The molecule has 1 aliphatic rings. The molecule has 0 atom stereocenters. The highest BCUT2D eigenvalue weighted by Gasteiger charge is 2.41. The normalized spacial score (nSPS) is 17.1. The maximum atomic E-state index is 11.9. The lowest BCUT2D eigenvalue weighted by Gasteiger charge is -2.38. The Kier molecular flexibility index (Phi) is 6.45. The Bertz CT molecular complexity index is 390. The zero-order valence-corrected chi connectivity index (χ0v) is 12.8. The maximum Gasteiger partial charge on any atom is 0.317 e. The van der Waals surface area contributed by atoms with Crippen LogP contribution in [-0.2, 0) is 9.59 Å². The van der Waals surface area contributed by atoms with Gasteiger partial charge in [0.15, 0.2) is 0 Å². The molecule has 0 aliphatic carbocycles. The van der Waals surface area contributed by atoms with Crippen LogP contribution >= 0.6 is 0 Å². The number of rotatable bonds is 6. The number of nitrogens with zero attached hydrogens (tertiary/aromatic N) is 1. The van der Waals surface area contributed by atoms with Gasteiger partial charge in [0.05, 0.1) is 12.0 Å². The highest BCUT2D eigenvalue weighted by Crippen LogP contribution is 2.36. The Balaban J connectivity index is 2.46. The maximum absolute atomic E-state index is 11.9. The minimum absolute atomic E-state index is 0.0534. The number of carbonyl (C=O) groups excluding carboxylic acids is 2. The number of likely N-dealkylation sites (N-methyl/N-ethyl adjacent to an activating group) is 1. The van der Waals surface area contributed by atoms with E-state index < -0.39 is 11.4 Å². The molecule has 21 heavy (non-hydrogen) atoms. The fourth-order valence-electron chi connectivity index (χ4n) is 2.71. The zero-order valence-electron chi connectivity index (χ0n) is 12.8. The van der Waals surface area contributed by atoms with Crippen LogP contribution in [0.25, 0.3) is 0 Å². The molecule has 0 aromatic rings. The van der Waals surface area contributed by atoms with Gasteiger partial charge in [-0.25, -0.2) is 4.79 Å². The van der Waals surface area contributed by atoms with Crippen LogP contribution in [0.5, 0.6) is 0 Å². The number of urea groups is 1. The first-order chi connectivity index (χ1) is 9.95. The number of carboxylic acids is 1. The van der Waals surface area contributed by atoms with E-state index in [0.717, 1.165) is 6.42 Å². The van der Waals surface area contributed by atoms with Crippen molar-refractivity contribution in [1.82, 2.24) is 15.5 Å². The molecule has 0 unspecified atom stereocenters. The van der Waals surface area contributed by atoms with E-state index in [4.69, 9.17) is 0 Å². The summed E-state index contributed by atoms with van der Waals surface area (Å²) in [5.74, 6) is -1.000. The lowest BCUT2D eigenvalue weighted by atomic mass is 9.75. The molecular weight excluding hydrogens is 274 g/mol. The Morgan fingerprint density at radius 2 is 1.76 bits per heavy atom. The number of nitrogens with one attached hydrogen (secondary N) is 2. The summed E-state index contributed by atoms with van der Waals surface area (Å²) < 4.78 is 0. The van der Waals surface area contributed by atoms with Crippen LogP contribution in [0.15, 0.2) is 0 Å². The Morgan fingerprint density at radius 3 is 2.24 bits per heavy atom. The third-order valence-electron chi connectivity index (χ3n) is 3.96. The van der Waals surface area contributed by atoms with Crippen molar-refractivity contribution in [2.45, 2.75) is 39.5 Å². The van der Waals surface area contributed by atoms with E-state index in [-0.39, 0.29) is 18.5 Å². The Morgan fingerprint density at radius 1 is 1.14 bits per heavy atom. The SMILES string of the molecule is CCCC1(C(=O)O)CCN(C(=O)NCC(=O)NCC)CC1.